The first-order valence-electron chi connectivity index (χ1n) is 6.09. The molecule has 0 saturated heterocycles. The predicted octanol–water partition coefficient (Wildman–Crippen LogP) is 4.63. The number of fused-ring (bicyclic) bond motifs is 1. The third-order valence-corrected chi connectivity index (χ3v) is 4.67. The Labute approximate surface area is 153 Å². The summed E-state index contributed by atoms with van der Waals surface area (Å²) in [5, 5.41) is 13.0. The van der Waals surface area contributed by atoms with E-state index in [0.717, 1.165) is 20.1 Å². The fourth-order valence-electron chi connectivity index (χ4n) is 1.76. The van der Waals surface area contributed by atoms with Crippen LogP contribution < -0.4 is 5.73 Å². The lowest BCUT2D eigenvalue weighted by Gasteiger charge is -1.94. The van der Waals surface area contributed by atoms with Crippen LogP contribution in [0.25, 0.3) is 11.0 Å². The third kappa shape index (κ3) is 3.49. The molecule has 0 aliphatic carbocycles. The molecule has 0 saturated carbocycles. The standard InChI is InChI=1S/C8H7IN2O.C7H3FIN/c1-4-2-3-5(9)6-7(4)12-11-8(6)10;8-6-2-1-3-7(9)5(6)4-10/h2-3H,1H3,(H2,10,11);1-3H. The molecule has 1 aromatic heterocycles. The number of aromatic nitrogens is 1. The lowest BCUT2D eigenvalue weighted by Crippen LogP contribution is -1.86. The number of nitriles is 1. The van der Waals surface area contributed by atoms with Crippen molar-refractivity contribution in [1.29, 1.82) is 5.26 Å². The van der Waals surface area contributed by atoms with Crippen LogP contribution in [0.3, 0.4) is 0 Å². The van der Waals surface area contributed by atoms with Crippen LogP contribution in [-0.4, -0.2) is 5.16 Å². The molecule has 3 rings (SSSR count). The molecule has 0 radical (unpaired) electrons. The van der Waals surface area contributed by atoms with E-state index in [1.165, 1.54) is 6.07 Å². The molecule has 0 aliphatic rings. The molecule has 0 amide bonds. The predicted molar refractivity (Wildman–Crippen MR) is 99.7 cm³/mol. The topological polar surface area (TPSA) is 75.8 Å². The molecular weight excluding hydrogens is 511 g/mol. The van der Waals surface area contributed by atoms with E-state index in [9.17, 15) is 4.39 Å². The highest BCUT2D eigenvalue weighted by atomic mass is 127. The minimum atomic E-state index is -0.450. The second kappa shape index (κ2) is 7.23. The summed E-state index contributed by atoms with van der Waals surface area (Å²) in [6.45, 7) is 1.98. The van der Waals surface area contributed by atoms with Crippen molar-refractivity contribution in [1.82, 2.24) is 5.16 Å². The number of nitrogens with two attached hydrogens (primary N) is 1. The van der Waals surface area contributed by atoms with Gasteiger partial charge in [-0.05, 0) is 75.9 Å². The monoisotopic (exact) mass is 521 g/mol. The van der Waals surface area contributed by atoms with Crippen LogP contribution >= 0.6 is 45.2 Å². The van der Waals surface area contributed by atoms with Gasteiger partial charge in [0.15, 0.2) is 11.4 Å². The number of rotatable bonds is 0. The fourth-order valence-corrected chi connectivity index (χ4v) is 3.05. The summed E-state index contributed by atoms with van der Waals surface area (Å²) in [7, 11) is 0. The van der Waals surface area contributed by atoms with Gasteiger partial charge in [-0.15, -0.1) is 0 Å². The van der Waals surface area contributed by atoms with Gasteiger partial charge in [0.2, 0.25) is 0 Å². The largest absolute Gasteiger partial charge is 0.380 e. The Morgan fingerprint density at radius 1 is 1.23 bits per heavy atom. The third-order valence-electron chi connectivity index (χ3n) is 2.87. The van der Waals surface area contributed by atoms with Crippen molar-refractivity contribution in [2.45, 2.75) is 6.92 Å². The molecule has 2 aromatic carbocycles. The molecule has 4 nitrogen and oxygen atoms in total. The van der Waals surface area contributed by atoms with Gasteiger partial charge in [-0.25, -0.2) is 4.39 Å². The molecule has 3 aromatic rings. The SMILES string of the molecule is Cc1ccc(I)c2c(N)noc12.N#Cc1c(F)cccc1I. The number of halogens is 3. The van der Waals surface area contributed by atoms with Crippen molar-refractivity contribution in [2.24, 2.45) is 0 Å². The zero-order valence-corrected chi connectivity index (χ0v) is 15.7. The molecule has 2 N–H and O–H groups in total. The van der Waals surface area contributed by atoms with Gasteiger partial charge in [0, 0.05) is 7.14 Å². The van der Waals surface area contributed by atoms with Crippen molar-refractivity contribution in [3.8, 4) is 6.07 Å². The maximum Gasteiger partial charge on any atom is 0.175 e. The first kappa shape index (κ1) is 17.0. The molecule has 0 unspecified atom stereocenters. The Bertz CT molecular complexity index is 851. The van der Waals surface area contributed by atoms with Crippen molar-refractivity contribution >= 4 is 62.0 Å². The lowest BCUT2D eigenvalue weighted by molar-refractivity contribution is 0.459. The Morgan fingerprint density at radius 3 is 2.50 bits per heavy atom. The first-order chi connectivity index (χ1) is 10.5. The summed E-state index contributed by atoms with van der Waals surface area (Å²) < 4.78 is 19.4. The van der Waals surface area contributed by atoms with Gasteiger partial charge in [0.1, 0.15) is 17.4 Å². The van der Waals surface area contributed by atoms with Crippen molar-refractivity contribution < 1.29 is 8.91 Å². The van der Waals surface area contributed by atoms with Gasteiger partial charge in [0.05, 0.1) is 5.39 Å². The second-order valence-electron chi connectivity index (χ2n) is 4.34. The van der Waals surface area contributed by atoms with Crippen molar-refractivity contribution in [3.05, 3.63) is 54.4 Å². The summed E-state index contributed by atoms with van der Waals surface area (Å²) in [6.07, 6.45) is 0. The minimum Gasteiger partial charge on any atom is -0.380 e. The zero-order valence-electron chi connectivity index (χ0n) is 11.4. The molecule has 22 heavy (non-hydrogen) atoms. The highest BCUT2D eigenvalue weighted by Crippen LogP contribution is 2.28. The molecule has 0 fully saturated rings. The van der Waals surface area contributed by atoms with Crippen molar-refractivity contribution in [3.63, 3.8) is 0 Å². The van der Waals surface area contributed by atoms with E-state index in [0.29, 0.717) is 9.39 Å². The molecule has 0 spiro atoms. The van der Waals surface area contributed by atoms with Crippen LogP contribution in [0, 0.1) is 31.2 Å². The minimum absolute atomic E-state index is 0.128. The van der Waals surface area contributed by atoms with E-state index in [2.05, 4.69) is 27.7 Å². The van der Waals surface area contributed by atoms with Crippen molar-refractivity contribution in [2.75, 3.05) is 5.73 Å². The average molecular weight is 521 g/mol. The summed E-state index contributed by atoms with van der Waals surface area (Å²) >= 11 is 4.14. The Kier molecular flexibility index (Phi) is 5.57. The maximum absolute atomic E-state index is 12.6. The zero-order chi connectivity index (χ0) is 16.3. The van der Waals surface area contributed by atoms with E-state index < -0.39 is 5.82 Å². The average Bonchev–Trinajstić information content (AvgIpc) is 2.87. The van der Waals surface area contributed by atoms with Gasteiger partial charge in [-0.1, -0.05) is 17.3 Å². The highest BCUT2D eigenvalue weighted by Gasteiger charge is 2.10. The highest BCUT2D eigenvalue weighted by molar-refractivity contribution is 14.1. The summed E-state index contributed by atoms with van der Waals surface area (Å²) in [5.74, 6) is 0.0208. The Morgan fingerprint density at radius 2 is 1.95 bits per heavy atom. The number of nitrogen functional groups attached to an aromatic ring is 1. The maximum atomic E-state index is 12.6. The van der Waals surface area contributed by atoms with E-state index in [1.54, 1.807) is 18.2 Å². The molecule has 0 aliphatic heterocycles. The number of benzene rings is 2. The first-order valence-corrected chi connectivity index (χ1v) is 8.25. The molecule has 112 valence electrons. The second-order valence-corrected chi connectivity index (χ2v) is 6.67. The van der Waals surface area contributed by atoms with Crippen LogP contribution in [-0.2, 0) is 0 Å². The van der Waals surface area contributed by atoms with Crippen LogP contribution in [0.1, 0.15) is 11.1 Å². The number of nitrogens with zero attached hydrogens (tertiary/aromatic N) is 2. The van der Waals surface area contributed by atoms with Crippen LogP contribution in [0.4, 0.5) is 10.2 Å². The van der Waals surface area contributed by atoms with Crippen LogP contribution in [0.5, 0.6) is 0 Å². The summed E-state index contributed by atoms with van der Waals surface area (Å²) in [6, 6.07) is 10.3. The molecule has 1 heterocycles. The number of hydrogen-bond donors (Lipinski definition) is 1. The Balaban J connectivity index is 0.000000164. The lowest BCUT2D eigenvalue weighted by atomic mass is 10.2. The van der Waals surface area contributed by atoms with Gasteiger partial charge in [-0.2, -0.15) is 5.26 Å². The smallest absolute Gasteiger partial charge is 0.175 e. The molecule has 7 heteroatoms. The molecular formula is C15H10FI2N3O. The normalized spacial score (nSPS) is 9.95. The quantitative estimate of drug-likeness (QED) is 0.439. The van der Waals surface area contributed by atoms with Gasteiger partial charge < -0.3 is 10.3 Å². The van der Waals surface area contributed by atoms with Crippen LogP contribution in [0.2, 0.25) is 0 Å². The number of aryl methyl sites for hydroxylation is 1. The van der Waals surface area contributed by atoms with E-state index in [4.69, 9.17) is 15.5 Å². The molecule has 0 bridgehead atoms. The van der Waals surface area contributed by atoms with E-state index in [1.807, 2.05) is 41.6 Å². The molecule has 0 atom stereocenters. The number of hydrogen-bond acceptors (Lipinski definition) is 4. The summed E-state index contributed by atoms with van der Waals surface area (Å²) in [5.41, 5.74) is 7.62. The van der Waals surface area contributed by atoms with E-state index >= 15 is 0 Å². The Hall–Kier alpha value is -1.41. The van der Waals surface area contributed by atoms with E-state index in [-0.39, 0.29) is 5.56 Å². The summed E-state index contributed by atoms with van der Waals surface area (Å²) in [4.78, 5) is 0. The number of anilines is 1. The van der Waals surface area contributed by atoms with Gasteiger partial charge in [-0.3, -0.25) is 0 Å². The van der Waals surface area contributed by atoms with Gasteiger partial charge >= 0.3 is 0 Å². The fraction of sp³-hybridized carbons (Fsp3) is 0.0667. The van der Waals surface area contributed by atoms with Gasteiger partial charge in [0.25, 0.3) is 0 Å². The van der Waals surface area contributed by atoms with Crippen LogP contribution in [0.15, 0.2) is 34.9 Å².